The molecular formula is C22H20N4O2S. The Morgan fingerprint density at radius 3 is 2.07 bits per heavy atom. The van der Waals surface area contributed by atoms with Gasteiger partial charge >= 0.3 is 0 Å². The average molecular weight is 404 g/mol. The number of benzene rings is 2. The van der Waals surface area contributed by atoms with Crippen LogP contribution in [0, 0.1) is 0 Å². The van der Waals surface area contributed by atoms with Crippen molar-refractivity contribution < 1.29 is 9.47 Å². The summed E-state index contributed by atoms with van der Waals surface area (Å²) in [5.74, 6) is 1.88. The summed E-state index contributed by atoms with van der Waals surface area (Å²) in [6, 6.07) is 19.5. The van der Waals surface area contributed by atoms with Gasteiger partial charge in [-0.05, 0) is 35.7 Å². The van der Waals surface area contributed by atoms with Crippen LogP contribution in [0.2, 0.25) is 0 Å². The van der Waals surface area contributed by atoms with E-state index in [1.54, 1.807) is 25.6 Å². The van der Waals surface area contributed by atoms with Crippen molar-refractivity contribution in [2.75, 3.05) is 19.5 Å². The standard InChI is InChI=1S/C22H20N4O2S/c1-27-18-11-5-3-9-16(18)20-21(17-10-4-6-12-19(17)28-2)25-26-22(24-20)23-14-15-8-7-13-29-15/h3-13H,14H2,1-2H3,(H,23,24,26). The number of para-hydroxylation sites is 2. The molecule has 0 amide bonds. The molecule has 0 spiro atoms. The second-order valence-corrected chi connectivity index (χ2v) is 7.20. The summed E-state index contributed by atoms with van der Waals surface area (Å²) in [6.45, 7) is 0.638. The highest BCUT2D eigenvalue weighted by Crippen LogP contribution is 2.38. The molecule has 7 heteroatoms. The minimum atomic E-state index is 0.456. The first-order chi connectivity index (χ1) is 14.3. The zero-order chi connectivity index (χ0) is 20.1. The number of hydrogen-bond acceptors (Lipinski definition) is 7. The van der Waals surface area contributed by atoms with Crippen molar-refractivity contribution in [2.45, 2.75) is 6.54 Å². The van der Waals surface area contributed by atoms with E-state index < -0.39 is 0 Å². The van der Waals surface area contributed by atoms with Crippen LogP contribution < -0.4 is 14.8 Å². The molecule has 0 saturated carbocycles. The van der Waals surface area contributed by atoms with Crippen molar-refractivity contribution in [1.82, 2.24) is 15.2 Å². The van der Waals surface area contributed by atoms with E-state index in [4.69, 9.17) is 14.5 Å². The van der Waals surface area contributed by atoms with Gasteiger partial charge in [0.25, 0.3) is 0 Å². The molecule has 0 saturated heterocycles. The highest BCUT2D eigenvalue weighted by molar-refractivity contribution is 7.09. The van der Waals surface area contributed by atoms with Crippen molar-refractivity contribution in [3.05, 3.63) is 70.9 Å². The minimum Gasteiger partial charge on any atom is -0.496 e. The number of thiophene rings is 1. The summed E-state index contributed by atoms with van der Waals surface area (Å²) in [7, 11) is 3.28. The maximum Gasteiger partial charge on any atom is 0.243 e. The Labute approximate surface area is 173 Å². The molecule has 6 nitrogen and oxygen atoms in total. The van der Waals surface area contributed by atoms with E-state index >= 15 is 0 Å². The molecule has 2 aromatic carbocycles. The highest BCUT2D eigenvalue weighted by atomic mass is 32.1. The van der Waals surface area contributed by atoms with Crippen molar-refractivity contribution >= 4 is 17.3 Å². The summed E-state index contributed by atoms with van der Waals surface area (Å²) in [5, 5.41) is 14.1. The molecule has 0 aliphatic carbocycles. The fraction of sp³-hybridized carbons (Fsp3) is 0.136. The smallest absolute Gasteiger partial charge is 0.243 e. The largest absolute Gasteiger partial charge is 0.496 e. The molecule has 2 heterocycles. The zero-order valence-corrected chi connectivity index (χ0v) is 16.9. The molecule has 1 N–H and O–H groups in total. The van der Waals surface area contributed by atoms with Gasteiger partial charge in [-0.3, -0.25) is 0 Å². The Bertz CT molecular complexity index is 1100. The first kappa shape index (κ1) is 18.9. The Hall–Kier alpha value is -3.45. The summed E-state index contributed by atoms with van der Waals surface area (Å²) in [6.07, 6.45) is 0. The van der Waals surface area contributed by atoms with Gasteiger partial charge in [-0.15, -0.1) is 21.5 Å². The van der Waals surface area contributed by atoms with Crippen LogP contribution in [-0.4, -0.2) is 29.4 Å². The quantitative estimate of drug-likeness (QED) is 0.473. The van der Waals surface area contributed by atoms with Crippen LogP contribution in [0.1, 0.15) is 4.88 Å². The summed E-state index contributed by atoms with van der Waals surface area (Å²) in [5.41, 5.74) is 2.97. The van der Waals surface area contributed by atoms with E-state index in [0.29, 0.717) is 35.4 Å². The van der Waals surface area contributed by atoms with E-state index in [-0.39, 0.29) is 0 Å². The van der Waals surface area contributed by atoms with Gasteiger partial charge < -0.3 is 14.8 Å². The molecule has 4 rings (SSSR count). The van der Waals surface area contributed by atoms with Gasteiger partial charge in [-0.2, -0.15) is 0 Å². The number of anilines is 1. The Balaban J connectivity index is 1.82. The first-order valence-corrected chi connectivity index (χ1v) is 9.96. The lowest BCUT2D eigenvalue weighted by atomic mass is 10.0. The lowest BCUT2D eigenvalue weighted by Crippen LogP contribution is -2.07. The van der Waals surface area contributed by atoms with Crippen molar-refractivity contribution in [2.24, 2.45) is 0 Å². The normalized spacial score (nSPS) is 10.6. The summed E-state index contributed by atoms with van der Waals surface area (Å²) < 4.78 is 11.1. The lowest BCUT2D eigenvalue weighted by Gasteiger charge is -2.14. The molecule has 0 radical (unpaired) electrons. The predicted octanol–water partition coefficient (Wildman–Crippen LogP) is 4.90. The SMILES string of the molecule is COc1ccccc1-c1nnc(NCc2cccs2)nc1-c1ccccc1OC. The van der Waals surface area contributed by atoms with Gasteiger partial charge in [0.1, 0.15) is 22.9 Å². The Morgan fingerprint density at radius 1 is 0.793 bits per heavy atom. The molecule has 0 aliphatic rings. The summed E-state index contributed by atoms with van der Waals surface area (Å²) in [4.78, 5) is 5.98. The Kier molecular flexibility index (Phi) is 5.67. The zero-order valence-electron chi connectivity index (χ0n) is 16.1. The third kappa shape index (κ3) is 4.05. The van der Waals surface area contributed by atoms with Crippen LogP contribution in [0.5, 0.6) is 11.5 Å². The number of methoxy groups -OCH3 is 2. The first-order valence-electron chi connectivity index (χ1n) is 9.08. The number of nitrogens with zero attached hydrogens (tertiary/aromatic N) is 3. The fourth-order valence-corrected chi connectivity index (χ4v) is 3.67. The van der Waals surface area contributed by atoms with Gasteiger partial charge in [0.05, 0.1) is 20.8 Å². The van der Waals surface area contributed by atoms with Gasteiger partial charge in [-0.1, -0.05) is 30.3 Å². The number of nitrogens with one attached hydrogen (secondary N) is 1. The second-order valence-electron chi connectivity index (χ2n) is 6.17. The number of aromatic nitrogens is 3. The topological polar surface area (TPSA) is 69.2 Å². The maximum atomic E-state index is 5.57. The Morgan fingerprint density at radius 2 is 1.45 bits per heavy atom. The fourth-order valence-electron chi connectivity index (χ4n) is 3.03. The van der Waals surface area contributed by atoms with Crippen LogP contribution in [0.3, 0.4) is 0 Å². The molecule has 0 unspecified atom stereocenters. The van der Waals surface area contributed by atoms with Gasteiger partial charge in [0.2, 0.25) is 5.95 Å². The molecule has 0 aliphatic heterocycles. The third-order valence-electron chi connectivity index (χ3n) is 4.41. The molecule has 29 heavy (non-hydrogen) atoms. The minimum absolute atomic E-state index is 0.456. The molecule has 0 bridgehead atoms. The number of rotatable bonds is 7. The van der Waals surface area contributed by atoms with Crippen LogP contribution in [0.4, 0.5) is 5.95 Å². The molecule has 4 aromatic rings. The molecule has 2 aromatic heterocycles. The average Bonchev–Trinajstić information content (AvgIpc) is 3.31. The molecule has 146 valence electrons. The van der Waals surface area contributed by atoms with E-state index in [1.165, 1.54) is 4.88 Å². The molecule has 0 atom stereocenters. The second kappa shape index (κ2) is 8.70. The van der Waals surface area contributed by atoms with Crippen molar-refractivity contribution in [3.8, 4) is 34.0 Å². The van der Waals surface area contributed by atoms with E-state index in [0.717, 1.165) is 11.1 Å². The van der Waals surface area contributed by atoms with Crippen molar-refractivity contribution in [3.63, 3.8) is 0 Å². The summed E-state index contributed by atoms with van der Waals surface area (Å²) >= 11 is 1.68. The van der Waals surface area contributed by atoms with E-state index in [1.807, 2.05) is 60.0 Å². The van der Waals surface area contributed by atoms with Crippen LogP contribution in [0.25, 0.3) is 22.5 Å². The monoisotopic (exact) mass is 404 g/mol. The molecule has 0 fully saturated rings. The number of ether oxygens (including phenoxy) is 2. The van der Waals surface area contributed by atoms with Crippen LogP contribution in [-0.2, 0) is 6.54 Å². The third-order valence-corrected chi connectivity index (χ3v) is 5.29. The van der Waals surface area contributed by atoms with Gasteiger partial charge in [0, 0.05) is 16.0 Å². The van der Waals surface area contributed by atoms with E-state index in [2.05, 4.69) is 21.6 Å². The van der Waals surface area contributed by atoms with Gasteiger partial charge in [-0.25, -0.2) is 4.98 Å². The number of hydrogen-bond donors (Lipinski definition) is 1. The van der Waals surface area contributed by atoms with Gasteiger partial charge in [0.15, 0.2) is 0 Å². The lowest BCUT2D eigenvalue weighted by molar-refractivity contribution is 0.415. The molecular weight excluding hydrogens is 384 g/mol. The highest BCUT2D eigenvalue weighted by Gasteiger charge is 2.19. The van der Waals surface area contributed by atoms with E-state index in [9.17, 15) is 0 Å². The van der Waals surface area contributed by atoms with Crippen LogP contribution in [0.15, 0.2) is 66.0 Å². The predicted molar refractivity (Wildman–Crippen MR) is 115 cm³/mol. The maximum absolute atomic E-state index is 5.57. The van der Waals surface area contributed by atoms with Crippen molar-refractivity contribution in [1.29, 1.82) is 0 Å². The van der Waals surface area contributed by atoms with Crippen LogP contribution >= 0.6 is 11.3 Å².